The Balaban J connectivity index is 1.75. The number of hydrogen-bond acceptors (Lipinski definition) is 5. The zero-order chi connectivity index (χ0) is 20.7. The van der Waals surface area contributed by atoms with Crippen LogP contribution in [0.3, 0.4) is 0 Å². The van der Waals surface area contributed by atoms with Gasteiger partial charge in [0, 0.05) is 17.2 Å². The molecule has 1 saturated carbocycles. The second kappa shape index (κ2) is 7.08. The number of benzene rings is 2. The van der Waals surface area contributed by atoms with E-state index in [1.807, 2.05) is 47.9 Å². The number of carbonyl (C=O) groups is 1. The number of rotatable bonds is 4. The lowest BCUT2D eigenvalue weighted by atomic mass is 10.1. The van der Waals surface area contributed by atoms with Crippen molar-refractivity contribution in [2.24, 2.45) is 0 Å². The van der Waals surface area contributed by atoms with Crippen molar-refractivity contribution in [1.29, 1.82) is 5.26 Å². The third-order valence-corrected chi connectivity index (χ3v) is 5.24. The summed E-state index contributed by atoms with van der Waals surface area (Å²) in [6.07, 6.45) is 5.18. The smallest absolute Gasteiger partial charge is 0.251 e. The molecule has 7 nitrogen and oxygen atoms in total. The predicted molar refractivity (Wildman–Crippen MR) is 112 cm³/mol. The molecule has 0 radical (unpaired) electrons. The molecular formula is C23H18N6O. The molecule has 0 atom stereocenters. The third kappa shape index (κ3) is 3.08. The zero-order valence-corrected chi connectivity index (χ0v) is 16.3. The van der Waals surface area contributed by atoms with Crippen LogP contribution >= 0.6 is 0 Å². The Morgan fingerprint density at radius 2 is 2.07 bits per heavy atom. The van der Waals surface area contributed by atoms with Crippen LogP contribution in [0.2, 0.25) is 0 Å². The fourth-order valence-electron chi connectivity index (χ4n) is 3.50. The number of carbonyl (C=O) groups excluding carboxylic acids is 1. The number of nitriles is 1. The van der Waals surface area contributed by atoms with Gasteiger partial charge in [0.15, 0.2) is 5.65 Å². The Labute approximate surface area is 173 Å². The summed E-state index contributed by atoms with van der Waals surface area (Å²) in [6, 6.07) is 15.4. The monoisotopic (exact) mass is 394 g/mol. The molecular weight excluding hydrogens is 376 g/mol. The topological polar surface area (TPSA) is 96.5 Å². The second-order valence-electron chi connectivity index (χ2n) is 7.41. The van der Waals surface area contributed by atoms with Gasteiger partial charge in [0.2, 0.25) is 0 Å². The number of imidazole rings is 1. The molecule has 0 spiro atoms. The summed E-state index contributed by atoms with van der Waals surface area (Å²) in [5.41, 5.74) is 4.79. The van der Waals surface area contributed by atoms with Crippen molar-refractivity contribution in [3.63, 3.8) is 0 Å². The molecule has 146 valence electrons. The minimum absolute atomic E-state index is 0.0863. The van der Waals surface area contributed by atoms with Crippen molar-refractivity contribution in [3.05, 3.63) is 71.7 Å². The lowest BCUT2D eigenvalue weighted by Gasteiger charge is -2.14. The van der Waals surface area contributed by atoms with E-state index < -0.39 is 0 Å². The molecule has 0 saturated heterocycles. The highest BCUT2D eigenvalue weighted by atomic mass is 16.1. The quantitative estimate of drug-likeness (QED) is 0.571. The number of amides is 1. The standard InChI is InChI=1S/C23H18N6O/c1-14-6-7-15(23(30)27-17-8-9-17)10-20(14)29-21(18-5-3-2-4-16(18)11-24)28-19-12-25-13-26-22(19)29/h2-7,10,12-13,17H,8-9H2,1H3,(H,27,30). The molecule has 1 N–H and O–H groups in total. The molecule has 7 heteroatoms. The highest BCUT2D eigenvalue weighted by Gasteiger charge is 2.25. The summed E-state index contributed by atoms with van der Waals surface area (Å²) in [7, 11) is 0. The molecule has 5 rings (SSSR count). The van der Waals surface area contributed by atoms with Crippen LogP contribution < -0.4 is 5.32 Å². The van der Waals surface area contributed by atoms with Gasteiger partial charge in [0.25, 0.3) is 5.91 Å². The molecule has 2 heterocycles. The summed E-state index contributed by atoms with van der Waals surface area (Å²) in [6.45, 7) is 1.98. The fourth-order valence-corrected chi connectivity index (χ4v) is 3.50. The van der Waals surface area contributed by atoms with Gasteiger partial charge in [-0.15, -0.1) is 0 Å². The molecule has 0 unspecified atom stereocenters. The average molecular weight is 394 g/mol. The number of aryl methyl sites for hydroxylation is 1. The van der Waals surface area contributed by atoms with E-state index in [-0.39, 0.29) is 11.9 Å². The molecule has 1 aliphatic rings. The first-order valence-corrected chi connectivity index (χ1v) is 9.75. The molecule has 2 aromatic carbocycles. The van der Waals surface area contributed by atoms with Crippen LogP contribution in [0, 0.1) is 18.3 Å². The van der Waals surface area contributed by atoms with Crippen LogP contribution in [-0.4, -0.2) is 31.5 Å². The van der Waals surface area contributed by atoms with Crippen LogP contribution in [0.4, 0.5) is 0 Å². The van der Waals surface area contributed by atoms with Gasteiger partial charge in [0.05, 0.1) is 23.5 Å². The number of nitrogens with zero attached hydrogens (tertiary/aromatic N) is 5. The van der Waals surface area contributed by atoms with E-state index in [0.29, 0.717) is 33.7 Å². The highest BCUT2D eigenvalue weighted by Crippen LogP contribution is 2.31. The van der Waals surface area contributed by atoms with Crippen LogP contribution in [0.5, 0.6) is 0 Å². The summed E-state index contributed by atoms with van der Waals surface area (Å²) < 4.78 is 1.90. The van der Waals surface area contributed by atoms with Crippen molar-refractivity contribution in [2.75, 3.05) is 0 Å². The van der Waals surface area contributed by atoms with E-state index in [2.05, 4.69) is 21.4 Å². The largest absolute Gasteiger partial charge is 0.349 e. The normalized spacial score (nSPS) is 13.2. The van der Waals surface area contributed by atoms with E-state index in [4.69, 9.17) is 4.98 Å². The summed E-state index contributed by atoms with van der Waals surface area (Å²) in [4.78, 5) is 25.9. The van der Waals surface area contributed by atoms with E-state index in [1.54, 1.807) is 12.3 Å². The van der Waals surface area contributed by atoms with Gasteiger partial charge in [-0.2, -0.15) is 5.26 Å². The highest BCUT2D eigenvalue weighted by molar-refractivity contribution is 5.95. The molecule has 0 bridgehead atoms. The third-order valence-electron chi connectivity index (χ3n) is 5.24. The molecule has 1 aliphatic carbocycles. The lowest BCUT2D eigenvalue weighted by molar-refractivity contribution is 0.0951. The van der Waals surface area contributed by atoms with Gasteiger partial charge in [0.1, 0.15) is 17.7 Å². The number of hydrogen-bond donors (Lipinski definition) is 1. The minimum atomic E-state index is -0.0863. The maximum absolute atomic E-state index is 12.6. The van der Waals surface area contributed by atoms with Gasteiger partial charge < -0.3 is 5.32 Å². The first-order valence-electron chi connectivity index (χ1n) is 9.75. The van der Waals surface area contributed by atoms with Crippen LogP contribution in [0.15, 0.2) is 55.0 Å². The van der Waals surface area contributed by atoms with Gasteiger partial charge in [-0.05, 0) is 49.6 Å². The lowest BCUT2D eigenvalue weighted by Crippen LogP contribution is -2.25. The number of fused-ring (bicyclic) bond motifs is 1. The number of nitrogens with one attached hydrogen (secondary N) is 1. The molecule has 0 aliphatic heterocycles. The van der Waals surface area contributed by atoms with Crippen molar-refractivity contribution < 1.29 is 4.79 Å². The first-order chi connectivity index (χ1) is 14.7. The summed E-state index contributed by atoms with van der Waals surface area (Å²) in [5, 5.41) is 12.6. The van der Waals surface area contributed by atoms with Crippen LogP contribution in [0.25, 0.3) is 28.2 Å². The maximum atomic E-state index is 12.6. The van der Waals surface area contributed by atoms with E-state index in [0.717, 1.165) is 24.1 Å². The van der Waals surface area contributed by atoms with Gasteiger partial charge in [-0.1, -0.05) is 18.2 Å². The average Bonchev–Trinajstić information content (AvgIpc) is 3.51. The predicted octanol–water partition coefficient (Wildman–Crippen LogP) is 3.55. The van der Waals surface area contributed by atoms with Crippen molar-refractivity contribution in [3.8, 4) is 23.1 Å². The van der Waals surface area contributed by atoms with Gasteiger partial charge >= 0.3 is 0 Å². The Morgan fingerprint density at radius 3 is 2.87 bits per heavy atom. The van der Waals surface area contributed by atoms with Crippen molar-refractivity contribution >= 4 is 17.1 Å². The fraction of sp³-hybridized carbons (Fsp3) is 0.174. The Hall–Kier alpha value is -4.05. The van der Waals surface area contributed by atoms with Crippen LogP contribution in [0.1, 0.15) is 34.3 Å². The summed E-state index contributed by atoms with van der Waals surface area (Å²) >= 11 is 0. The molecule has 4 aromatic rings. The van der Waals surface area contributed by atoms with Crippen LogP contribution in [-0.2, 0) is 0 Å². The molecule has 1 amide bonds. The molecule has 1 fully saturated rings. The maximum Gasteiger partial charge on any atom is 0.251 e. The van der Waals surface area contributed by atoms with E-state index in [9.17, 15) is 10.1 Å². The first kappa shape index (κ1) is 18.0. The molecule has 2 aromatic heterocycles. The van der Waals surface area contributed by atoms with Gasteiger partial charge in [-0.25, -0.2) is 15.0 Å². The zero-order valence-electron chi connectivity index (χ0n) is 16.3. The Kier molecular flexibility index (Phi) is 4.25. The van der Waals surface area contributed by atoms with E-state index >= 15 is 0 Å². The SMILES string of the molecule is Cc1ccc(C(=O)NC2CC2)cc1-n1c(-c2ccccc2C#N)nc2cncnc21. The Morgan fingerprint density at radius 1 is 1.23 bits per heavy atom. The molecule has 30 heavy (non-hydrogen) atoms. The van der Waals surface area contributed by atoms with Crippen molar-refractivity contribution in [2.45, 2.75) is 25.8 Å². The van der Waals surface area contributed by atoms with Crippen molar-refractivity contribution in [1.82, 2.24) is 24.8 Å². The van der Waals surface area contributed by atoms with Gasteiger partial charge in [-0.3, -0.25) is 9.36 Å². The number of aromatic nitrogens is 4. The second-order valence-corrected chi connectivity index (χ2v) is 7.41. The Bertz CT molecular complexity index is 1330. The minimum Gasteiger partial charge on any atom is -0.349 e. The summed E-state index contributed by atoms with van der Waals surface area (Å²) in [5.74, 6) is 0.502. The van der Waals surface area contributed by atoms with E-state index in [1.165, 1.54) is 6.33 Å².